The van der Waals surface area contributed by atoms with Gasteiger partial charge in [-0.15, -0.1) is 10.2 Å². The molecule has 6 heteroatoms. The van der Waals surface area contributed by atoms with Crippen molar-refractivity contribution < 1.29 is 13.9 Å². The Morgan fingerprint density at radius 2 is 1.86 bits per heavy atom. The van der Waals surface area contributed by atoms with Gasteiger partial charge in [0.15, 0.2) is 0 Å². The summed E-state index contributed by atoms with van der Waals surface area (Å²) in [5.41, 5.74) is 0.792. The molecular formula is C15H19N3O3. The monoisotopic (exact) mass is 289 g/mol. The Labute approximate surface area is 123 Å². The van der Waals surface area contributed by atoms with Crippen molar-refractivity contribution in [2.75, 3.05) is 20.8 Å². The molecule has 1 aromatic heterocycles. The van der Waals surface area contributed by atoms with E-state index < -0.39 is 0 Å². The second-order valence-electron chi connectivity index (χ2n) is 5.08. The molecule has 21 heavy (non-hydrogen) atoms. The Morgan fingerprint density at radius 3 is 2.48 bits per heavy atom. The van der Waals surface area contributed by atoms with Crippen LogP contribution in [0.15, 0.2) is 22.6 Å². The fourth-order valence-electron chi connectivity index (χ4n) is 2.07. The predicted octanol–water partition coefficient (Wildman–Crippen LogP) is 2.05. The molecule has 0 spiro atoms. The number of aromatic nitrogens is 2. The van der Waals surface area contributed by atoms with Gasteiger partial charge >= 0.3 is 0 Å². The molecule has 1 aromatic carbocycles. The van der Waals surface area contributed by atoms with Crippen LogP contribution in [0.4, 0.5) is 0 Å². The van der Waals surface area contributed by atoms with Gasteiger partial charge in [-0.1, -0.05) is 0 Å². The van der Waals surface area contributed by atoms with Crippen LogP contribution in [0, 0.1) is 0 Å². The van der Waals surface area contributed by atoms with Gasteiger partial charge in [0.25, 0.3) is 0 Å². The SMILES string of the molecule is COc1cc(OC)cc(-c2nnc(CCNC3CC3)o2)c1. The number of rotatable bonds is 7. The molecule has 0 unspecified atom stereocenters. The Morgan fingerprint density at radius 1 is 1.14 bits per heavy atom. The maximum atomic E-state index is 5.70. The first-order valence-electron chi connectivity index (χ1n) is 7.07. The molecule has 3 rings (SSSR count). The first-order valence-corrected chi connectivity index (χ1v) is 7.07. The van der Waals surface area contributed by atoms with Gasteiger partial charge in [0, 0.05) is 30.6 Å². The van der Waals surface area contributed by atoms with Crippen LogP contribution in [0.1, 0.15) is 18.7 Å². The highest BCUT2D eigenvalue weighted by Crippen LogP contribution is 2.29. The lowest BCUT2D eigenvalue weighted by Gasteiger charge is -2.05. The summed E-state index contributed by atoms with van der Waals surface area (Å²) in [6.45, 7) is 0.869. The molecule has 1 aliphatic rings. The van der Waals surface area contributed by atoms with Crippen molar-refractivity contribution in [3.8, 4) is 23.0 Å². The largest absolute Gasteiger partial charge is 0.497 e. The number of nitrogens with zero attached hydrogens (tertiary/aromatic N) is 2. The minimum atomic E-state index is 0.480. The zero-order valence-electron chi connectivity index (χ0n) is 12.3. The molecule has 0 atom stereocenters. The summed E-state index contributed by atoms with van der Waals surface area (Å²) in [6.07, 6.45) is 3.29. The van der Waals surface area contributed by atoms with E-state index in [1.54, 1.807) is 20.3 Å². The molecule has 0 aliphatic heterocycles. The third-order valence-electron chi connectivity index (χ3n) is 3.41. The maximum Gasteiger partial charge on any atom is 0.248 e. The molecule has 1 aliphatic carbocycles. The molecule has 0 radical (unpaired) electrons. The van der Waals surface area contributed by atoms with Crippen LogP contribution in [-0.4, -0.2) is 37.0 Å². The van der Waals surface area contributed by atoms with E-state index >= 15 is 0 Å². The van der Waals surface area contributed by atoms with Crippen LogP contribution >= 0.6 is 0 Å². The minimum absolute atomic E-state index is 0.480. The number of benzene rings is 1. The van der Waals surface area contributed by atoms with Crippen molar-refractivity contribution in [2.24, 2.45) is 0 Å². The van der Waals surface area contributed by atoms with Gasteiger partial charge in [0.2, 0.25) is 11.8 Å². The van der Waals surface area contributed by atoms with Crippen LogP contribution in [0.5, 0.6) is 11.5 Å². The third-order valence-corrected chi connectivity index (χ3v) is 3.41. The first kappa shape index (κ1) is 13.9. The quantitative estimate of drug-likeness (QED) is 0.841. The topological polar surface area (TPSA) is 69.4 Å². The van der Waals surface area contributed by atoms with E-state index in [9.17, 15) is 0 Å². The molecule has 1 fully saturated rings. The summed E-state index contributed by atoms with van der Waals surface area (Å²) in [7, 11) is 3.22. The molecule has 0 amide bonds. The van der Waals surface area contributed by atoms with E-state index in [2.05, 4.69) is 15.5 Å². The summed E-state index contributed by atoms with van der Waals surface area (Å²) >= 11 is 0. The molecule has 1 saturated carbocycles. The molecular weight excluding hydrogens is 270 g/mol. The molecule has 0 bridgehead atoms. The number of ether oxygens (including phenoxy) is 2. The summed E-state index contributed by atoms with van der Waals surface area (Å²) in [5.74, 6) is 2.51. The standard InChI is InChI=1S/C15H19N3O3/c1-19-12-7-10(8-13(9-12)20-2)15-18-17-14(21-15)5-6-16-11-3-4-11/h7-9,11,16H,3-6H2,1-2H3. The smallest absolute Gasteiger partial charge is 0.248 e. The zero-order chi connectivity index (χ0) is 14.7. The third kappa shape index (κ3) is 3.52. The highest BCUT2D eigenvalue weighted by atomic mass is 16.5. The summed E-state index contributed by atoms with van der Waals surface area (Å²) in [5, 5.41) is 11.6. The van der Waals surface area contributed by atoms with Gasteiger partial charge in [-0.25, -0.2) is 0 Å². The normalized spacial score (nSPS) is 14.2. The van der Waals surface area contributed by atoms with Crippen LogP contribution in [-0.2, 0) is 6.42 Å². The molecule has 0 saturated heterocycles. The second kappa shape index (κ2) is 6.13. The number of nitrogens with one attached hydrogen (secondary N) is 1. The average Bonchev–Trinajstić information content (AvgIpc) is 3.22. The van der Waals surface area contributed by atoms with E-state index in [1.165, 1.54) is 12.8 Å². The lowest BCUT2D eigenvalue weighted by Crippen LogP contribution is -2.19. The zero-order valence-corrected chi connectivity index (χ0v) is 12.3. The van der Waals surface area contributed by atoms with Gasteiger partial charge in [-0.3, -0.25) is 0 Å². The highest BCUT2D eigenvalue weighted by molar-refractivity contribution is 5.59. The molecule has 1 N–H and O–H groups in total. The summed E-state index contributed by atoms with van der Waals surface area (Å²) in [4.78, 5) is 0. The van der Waals surface area contributed by atoms with Gasteiger partial charge < -0.3 is 19.2 Å². The Bertz CT molecular complexity index is 586. The lowest BCUT2D eigenvalue weighted by molar-refractivity contribution is 0.394. The van der Waals surface area contributed by atoms with Gasteiger partial charge in [-0.2, -0.15) is 0 Å². The van der Waals surface area contributed by atoms with Gasteiger partial charge in [0.1, 0.15) is 11.5 Å². The van der Waals surface area contributed by atoms with Gasteiger partial charge in [-0.05, 0) is 25.0 Å². The van der Waals surface area contributed by atoms with E-state index in [1.807, 2.05) is 12.1 Å². The lowest BCUT2D eigenvalue weighted by atomic mass is 10.2. The summed E-state index contributed by atoms with van der Waals surface area (Å²) in [6, 6.07) is 6.19. The molecule has 112 valence electrons. The van der Waals surface area contributed by atoms with Crippen LogP contribution in [0.2, 0.25) is 0 Å². The molecule has 6 nitrogen and oxygen atoms in total. The maximum absolute atomic E-state index is 5.70. The van der Waals surface area contributed by atoms with Crippen molar-refractivity contribution in [3.63, 3.8) is 0 Å². The minimum Gasteiger partial charge on any atom is -0.497 e. The summed E-state index contributed by atoms with van der Waals surface area (Å²) < 4.78 is 16.2. The van der Waals surface area contributed by atoms with Gasteiger partial charge in [0.05, 0.1) is 14.2 Å². The number of hydrogen-bond donors (Lipinski definition) is 1. The van der Waals surface area contributed by atoms with Crippen molar-refractivity contribution in [1.82, 2.24) is 15.5 Å². The van der Waals surface area contributed by atoms with E-state index in [0.29, 0.717) is 29.3 Å². The number of methoxy groups -OCH3 is 2. The van der Waals surface area contributed by atoms with Crippen molar-refractivity contribution in [3.05, 3.63) is 24.1 Å². The van der Waals surface area contributed by atoms with E-state index in [-0.39, 0.29) is 0 Å². The predicted molar refractivity (Wildman–Crippen MR) is 77.6 cm³/mol. The van der Waals surface area contributed by atoms with Crippen LogP contribution in [0.3, 0.4) is 0 Å². The highest BCUT2D eigenvalue weighted by Gasteiger charge is 2.20. The van der Waals surface area contributed by atoms with Crippen molar-refractivity contribution in [1.29, 1.82) is 0 Å². The van der Waals surface area contributed by atoms with Crippen molar-refractivity contribution >= 4 is 0 Å². The van der Waals surface area contributed by atoms with Crippen LogP contribution in [0.25, 0.3) is 11.5 Å². The fraction of sp³-hybridized carbons (Fsp3) is 0.467. The van der Waals surface area contributed by atoms with E-state index in [0.717, 1.165) is 18.5 Å². The second-order valence-corrected chi connectivity index (χ2v) is 5.08. The Balaban J connectivity index is 1.71. The molecule has 2 aromatic rings. The van der Waals surface area contributed by atoms with Crippen molar-refractivity contribution in [2.45, 2.75) is 25.3 Å². The first-order chi connectivity index (χ1) is 10.3. The van der Waals surface area contributed by atoms with E-state index in [4.69, 9.17) is 13.9 Å². The molecule has 1 heterocycles. The average molecular weight is 289 g/mol. The number of hydrogen-bond acceptors (Lipinski definition) is 6. The Kier molecular flexibility index (Phi) is 4.06. The Hall–Kier alpha value is -2.08. The fourth-order valence-corrected chi connectivity index (χ4v) is 2.07. The van der Waals surface area contributed by atoms with Crippen LogP contribution < -0.4 is 14.8 Å².